The zero-order valence-corrected chi connectivity index (χ0v) is 10.7. The molecule has 0 N–H and O–H groups in total. The fraction of sp³-hybridized carbons (Fsp3) is 0.100. The topological polar surface area (TPSA) is 12.9 Å². The second-order valence-corrected chi connectivity index (χ2v) is 4.74. The molecule has 2 aromatic rings. The smallest absolute Gasteiger partial charge is 0.165 e. The maximum absolute atomic E-state index is 13.8. The third-order valence-corrected chi connectivity index (χ3v) is 3.63. The maximum atomic E-state index is 13.8. The average Bonchev–Trinajstić information content (AvgIpc) is 2.17. The summed E-state index contributed by atoms with van der Waals surface area (Å²) in [7, 11) is 0. The summed E-state index contributed by atoms with van der Waals surface area (Å²) in [4.78, 5) is 4.09. The van der Waals surface area contributed by atoms with Gasteiger partial charge in [0.15, 0.2) is 5.82 Å². The Morgan fingerprint density at radius 2 is 1.93 bits per heavy atom. The van der Waals surface area contributed by atoms with E-state index in [-0.39, 0.29) is 15.0 Å². The van der Waals surface area contributed by atoms with Gasteiger partial charge in [-0.15, -0.1) is 0 Å². The van der Waals surface area contributed by atoms with Crippen LogP contribution in [0.5, 0.6) is 0 Å². The highest BCUT2D eigenvalue weighted by Crippen LogP contribution is 2.34. The third kappa shape index (κ3) is 1.84. The van der Waals surface area contributed by atoms with Crippen molar-refractivity contribution in [1.82, 2.24) is 4.98 Å². The average molecular weight is 309 g/mol. The van der Waals surface area contributed by atoms with Gasteiger partial charge in [-0.05, 0) is 35.0 Å². The first-order chi connectivity index (χ1) is 7.00. The number of hydrogen-bond donors (Lipinski definition) is 0. The molecule has 0 aliphatic carbocycles. The summed E-state index contributed by atoms with van der Waals surface area (Å²) in [6.07, 6.45) is 0. The van der Waals surface area contributed by atoms with Crippen LogP contribution in [-0.2, 0) is 0 Å². The molecule has 0 aliphatic rings. The first-order valence-corrected chi connectivity index (χ1v) is 5.66. The number of fused-ring (bicyclic) bond motifs is 1. The summed E-state index contributed by atoms with van der Waals surface area (Å²) >= 11 is 14.9. The molecule has 0 fully saturated rings. The normalized spacial score (nSPS) is 11.0. The van der Waals surface area contributed by atoms with Gasteiger partial charge in [-0.2, -0.15) is 0 Å². The zero-order chi connectivity index (χ0) is 11.2. The van der Waals surface area contributed by atoms with E-state index in [2.05, 4.69) is 20.9 Å². The first-order valence-electron chi connectivity index (χ1n) is 4.11. The standard InChI is InChI=1S/C10H5BrCl2FN/c1-4-2-6(12)5-3-7(13)8(11)9(14)10(5)15-4/h2-3H,1H3. The van der Waals surface area contributed by atoms with E-state index in [9.17, 15) is 4.39 Å². The third-order valence-electron chi connectivity index (χ3n) is 2.02. The zero-order valence-electron chi connectivity index (χ0n) is 7.61. The molecule has 1 aromatic heterocycles. The van der Waals surface area contributed by atoms with Gasteiger partial charge in [0.1, 0.15) is 5.52 Å². The van der Waals surface area contributed by atoms with E-state index in [0.29, 0.717) is 16.1 Å². The molecule has 0 aliphatic heterocycles. The van der Waals surface area contributed by atoms with Crippen molar-refractivity contribution in [3.63, 3.8) is 0 Å². The Kier molecular flexibility index (Phi) is 2.88. The minimum absolute atomic E-state index is 0.214. The minimum atomic E-state index is -0.483. The van der Waals surface area contributed by atoms with Crippen LogP contribution < -0.4 is 0 Å². The molecule has 0 radical (unpaired) electrons. The van der Waals surface area contributed by atoms with E-state index in [1.165, 1.54) is 0 Å². The Labute approximate surface area is 104 Å². The maximum Gasteiger partial charge on any atom is 0.165 e. The van der Waals surface area contributed by atoms with Crippen LogP contribution in [0.3, 0.4) is 0 Å². The molecular weight excluding hydrogens is 304 g/mol. The lowest BCUT2D eigenvalue weighted by Crippen LogP contribution is -1.90. The summed E-state index contributed by atoms with van der Waals surface area (Å²) in [5, 5.41) is 1.26. The lowest BCUT2D eigenvalue weighted by molar-refractivity contribution is 0.630. The van der Waals surface area contributed by atoms with Crippen LogP contribution in [0.4, 0.5) is 4.39 Å². The van der Waals surface area contributed by atoms with Crippen LogP contribution >= 0.6 is 39.1 Å². The molecule has 0 amide bonds. The van der Waals surface area contributed by atoms with Crippen molar-refractivity contribution < 1.29 is 4.39 Å². The van der Waals surface area contributed by atoms with Gasteiger partial charge < -0.3 is 0 Å². The molecule has 2 rings (SSSR count). The Hall–Kier alpha value is -0.380. The van der Waals surface area contributed by atoms with Crippen LogP contribution in [0.2, 0.25) is 10.0 Å². The molecule has 0 saturated heterocycles. The van der Waals surface area contributed by atoms with Crippen molar-refractivity contribution in [2.75, 3.05) is 0 Å². The van der Waals surface area contributed by atoms with E-state index >= 15 is 0 Å². The highest BCUT2D eigenvalue weighted by molar-refractivity contribution is 9.10. The lowest BCUT2D eigenvalue weighted by Gasteiger charge is -2.06. The van der Waals surface area contributed by atoms with E-state index in [1.54, 1.807) is 19.1 Å². The van der Waals surface area contributed by atoms with Crippen molar-refractivity contribution in [2.45, 2.75) is 6.92 Å². The number of nitrogens with zero attached hydrogens (tertiary/aromatic N) is 1. The predicted octanol–water partition coefficient (Wildman–Crippen LogP) is 4.75. The lowest BCUT2D eigenvalue weighted by atomic mass is 10.2. The van der Waals surface area contributed by atoms with Gasteiger partial charge in [0.05, 0.1) is 14.5 Å². The predicted molar refractivity (Wildman–Crippen MR) is 64.2 cm³/mol. The fourth-order valence-electron chi connectivity index (χ4n) is 1.35. The molecule has 0 unspecified atom stereocenters. The number of aryl methyl sites for hydroxylation is 1. The van der Waals surface area contributed by atoms with Gasteiger partial charge in [0.2, 0.25) is 0 Å². The van der Waals surface area contributed by atoms with Gasteiger partial charge >= 0.3 is 0 Å². The van der Waals surface area contributed by atoms with Crippen molar-refractivity contribution in [1.29, 1.82) is 0 Å². The molecule has 78 valence electrons. The molecule has 0 bridgehead atoms. The van der Waals surface area contributed by atoms with Crippen LogP contribution in [0, 0.1) is 12.7 Å². The van der Waals surface area contributed by atoms with E-state index in [1.807, 2.05) is 0 Å². The Balaban J connectivity index is 2.98. The van der Waals surface area contributed by atoms with Crippen molar-refractivity contribution in [2.24, 2.45) is 0 Å². The Bertz CT molecular complexity index is 557. The fourth-order valence-corrected chi connectivity index (χ4v) is 2.14. The first kappa shape index (κ1) is 11.1. The molecule has 15 heavy (non-hydrogen) atoms. The highest BCUT2D eigenvalue weighted by atomic mass is 79.9. The van der Waals surface area contributed by atoms with E-state index < -0.39 is 5.82 Å². The number of hydrogen-bond acceptors (Lipinski definition) is 1. The largest absolute Gasteiger partial charge is 0.250 e. The summed E-state index contributed by atoms with van der Waals surface area (Å²) in [5.74, 6) is -0.483. The van der Waals surface area contributed by atoms with Gasteiger partial charge in [0.25, 0.3) is 0 Å². The monoisotopic (exact) mass is 307 g/mol. The molecule has 0 atom stereocenters. The van der Waals surface area contributed by atoms with Gasteiger partial charge in [-0.1, -0.05) is 23.2 Å². The van der Waals surface area contributed by atoms with Crippen LogP contribution in [-0.4, -0.2) is 4.98 Å². The number of aromatic nitrogens is 1. The summed E-state index contributed by atoms with van der Waals surface area (Å²) in [6, 6.07) is 3.27. The Morgan fingerprint density at radius 1 is 1.27 bits per heavy atom. The van der Waals surface area contributed by atoms with Gasteiger partial charge in [0, 0.05) is 11.1 Å². The summed E-state index contributed by atoms with van der Waals surface area (Å²) in [6.45, 7) is 1.76. The number of pyridine rings is 1. The van der Waals surface area contributed by atoms with E-state index in [4.69, 9.17) is 23.2 Å². The molecule has 5 heteroatoms. The van der Waals surface area contributed by atoms with Crippen LogP contribution in [0.15, 0.2) is 16.6 Å². The van der Waals surface area contributed by atoms with Crippen LogP contribution in [0.25, 0.3) is 10.9 Å². The van der Waals surface area contributed by atoms with Gasteiger partial charge in [-0.25, -0.2) is 9.37 Å². The van der Waals surface area contributed by atoms with Crippen molar-refractivity contribution in [3.05, 3.63) is 38.2 Å². The number of halogens is 4. The molecule has 1 nitrogen and oxygen atoms in total. The molecule has 1 aromatic carbocycles. The molecule has 0 saturated carbocycles. The van der Waals surface area contributed by atoms with Crippen LogP contribution in [0.1, 0.15) is 5.69 Å². The minimum Gasteiger partial charge on any atom is -0.250 e. The summed E-state index contributed by atoms with van der Waals surface area (Å²) in [5.41, 5.74) is 0.900. The Morgan fingerprint density at radius 3 is 2.60 bits per heavy atom. The van der Waals surface area contributed by atoms with E-state index in [0.717, 1.165) is 0 Å². The highest BCUT2D eigenvalue weighted by Gasteiger charge is 2.13. The molecule has 0 spiro atoms. The molecular formula is C10H5BrCl2FN. The second-order valence-electron chi connectivity index (χ2n) is 3.13. The summed E-state index contributed by atoms with van der Waals surface area (Å²) < 4.78 is 14.0. The quantitative estimate of drug-likeness (QED) is 0.640. The molecule has 1 heterocycles. The van der Waals surface area contributed by atoms with Crippen molar-refractivity contribution >= 4 is 50.0 Å². The number of benzene rings is 1. The second kappa shape index (κ2) is 3.89. The van der Waals surface area contributed by atoms with Gasteiger partial charge in [-0.3, -0.25) is 0 Å². The van der Waals surface area contributed by atoms with Crippen molar-refractivity contribution in [3.8, 4) is 0 Å². The number of rotatable bonds is 0. The SMILES string of the molecule is Cc1cc(Cl)c2cc(Cl)c(Br)c(F)c2n1.